The van der Waals surface area contributed by atoms with Gasteiger partial charge in [-0.2, -0.15) is 0 Å². The second-order valence-corrected chi connectivity index (χ2v) is 11.0. The fraction of sp³-hybridized carbons (Fsp3) is 0.0500. The molecule has 0 saturated heterocycles. The molecule has 0 heteroatoms. The van der Waals surface area contributed by atoms with Crippen LogP contribution in [0.1, 0.15) is 11.1 Å². The van der Waals surface area contributed by atoms with Crippen molar-refractivity contribution in [3.05, 3.63) is 145 Å². The molecule has 0 amide bonds. The van der Waals surface area contributed by atoms with E-state index in [9.17, 15) is 0 Å². The van der Waals surface area contributed by atoms with E-state index in [1.807, 2.05) is 0 Å². The van der Waals surface area contributed by atoms with Gasteiger partial charge in [0.2, 0.25) is 0 Å². The zero-order valence-corrected chi connectivity index (χ0v) is 22.7. The quantitative estimate of drug-likeness (QED) is 0.208. The first kappa shape index (κ1) is 23.0. The van der Waals surface area contributed by atoms with Crippen LogP contribution in [0.2, 0.25) is 0 Å². The summed E-state index contributed by atoms with van der Waals surface area (Å²) in [4.78, 5) is 0. The lowest BCUT2D eigenvalue weighted by Crippen LogP contribution is -1.92. The van der Waals surface area contributed by atoms with Gasteiger partial charge in [-0.1, -0.05) is 133 Å². The largest absolute Gasteiger partial charge is 0.0622 e. The molecule has 0 saturated carbocycles. The summed E-state index contributed by atoms with van der Waals surface area (Å²) >= 11 is 0. The zero-order valence-electron chi connectivity index (χ0n) is 22.7. The number of aryl methyl sites for hydroxylation is 2. The Morgan fingerprint density at radius 1 is 0.325 bits per heavy atom. The molecule has 1 aliphatic carbocycles. The first-order valence-corrected chi connectivity index (χ1v) is 14.0. The van der Waals surface area contributed by atoms with Gasteiger partial charge < -0.3 is 0 Å². The van der Waals surface area contributed by atoms with E-state index >= 15 is 0 Å². The first-order valence-electron chi connectivity index (χ1n) is 14.0. The molecule has 1 aliphatic rings. The Bertz CT molecular complexity index is 2080. The molecule has 7 aromatic carbocycles. The number of rotatable bonds is 3. The number of fused-ring (bicyclic) bond motifs is 5. The van der Waals surface area contributed by atoms with E-state index < -0.39 is 0 Å². The van der Waals surface area contributed by atoms with Crippen LogP contribution in [0.5, 0.6) is 0 Å². The van der Waals surface area contributed by atoms with Crippen molar-refractivity contribution in [1.29, 1.82) is 0 Å². The van der Waals surface area contributed by atoms with E-state index in [1.54, 1.807) is 0 Å². The van der Waals surface area contributed by atoms with Crippen LogP contribution in [-0.2, 0) is 0 Å². The Morgan fingerprint density at radius 3 is 1.55 bits per heavy atom. The molecule has 7 aromatic rings. The van der Waals surface area contributed by atoms with Gasteiger partial charge in [0.15, 0.2) is 0 Å². The van der Waals surface area contributed by atoms with Crippen molar-refractivity contribution < 1.29 is 0 Å². The van der Waals surface area contributed by atoms with Crippen LogP contribution in [0.25, 0.3) is 77.2 Å². The van der Waals surface area contributed by atoms with Gasteiger partial charge >= 0.3 is 0 Å². The van der Waals surface area contributed by atoms with Crippen molar-refractivity contribution in [2.24, 2.45) is 0 Å². The van der Waals surface area contributed by atoms with Crippen molar-refractivity contribution in [3.8, 4) is 55.6 Å². The molecule has 0 unspecified atom stereocenters. The lowest BCUT2D eigenvalue weighted by atomic mass is 9.86. The van der Waals surface area contributed by atoms with Crippen LogP contribution in [0.15, 0.2) is 133 Å². The summed E-state index contributed by atoms with van der Waals surface area (Å²) in [6, 6.07) is 48.9. The summed E-state index contributed by atoms with van der Waals surface area (Å²) < 4.78 is 0. The molecule has 0 bridgehead atoms. The molecule has 8 rings (SSSR count). The third-order valence-electron chi connectivity index (χ3n) is 8.76. The molecule has 0 heterocycles. The average molecular weight is 509 g/mol. The van der Waals surface area contributed by atoms with Gasteiger partial charge in [0, 0.05) is 0 Å². The van der Waals surface area contributed by atoms with Crippen LogP contribution >= 0.6 is 0 Å². The van der Waals surface area contributed by atoms with Gasteiger partial charge in [-0.25, -0.2) is 0 Å². The molecule has 0 atom stereocenters. The molecular weight excluding hydrogens is 480 g/mol. The minimum absolute atomic E-state index is 1.24. The summed E-state index contributed by atoms with van der Waals surface area (Å²) in [7, 11) is 0. The standard InChI is InChI=1S/C40H28/c1-25-9-8-14-36-37(25)26(2)38-32(23-24-35-33-12-6-7-13-34(33)39(36)40(35)38)31-21-19-30(20-22-31)29-17-15-28(16-18-29)27-10-4-3-5-11-27/h3-24H,1-2H3. The molecule has 0 N–H and O–H groups in total. The van der Waals surface area contributed by atoms with Gasteiger partial charge in [0.1, 0.15) is 0 Å². The van der Waals surface area contributed by atoms with E-state index in [0.29, 0.717) is 0 Å². The molecule has 188 valence electrons. The summed E-state index contributed by atoms with van der Waals surface area (Å²) in [6.07, 6.45) is 0. The van der Waals surface area contributed by atoms with Crippen LogP contribution in [0, 0.1) is 13.8 Å². The highest BCUT2D eigenvalue weighted by Gasteiger charge is 2.26. The maximum Gasteiger partial charge on any atom is -0.00110 e. The topological polar surface area (TPSA) is 0 Å². The van der Waals surface area contributed by atoms with Crippen molar-refractivity contribution in [1.82, 2.24) is 0 Å². The summed E-state index contributed by atoms with van der Waals surface area (Å²) in [5.41, 5.74) is 15.7. The van der Waals surface area contributed by atoms with Crippen LogP contribution in [-0.4, -0.2) is 0 Å². The fourth-order valence-corrected chi connectivity index (χ4v) is 6.89. The van der Waals surface area contributed by atoms with Crippen LogP contribution < -0.4 is 0 Å². The van der Waals surface area contributed by atoms with E-state index in [0.717, 1.165) is 0 Å². The maximum absolute atomic E-state index is 2.34. The molecule has 0 nitrogen and oxygen atoms in total. The van der Waals surface area contributed by atoms with Crippen molar-refractivity contribution in [3.63, 3.8) is 0 Å². The lowest BCUT2D eigenvalue weighted by Gasteiger charge is -2.17. The molecule has 0 aliphatic heterocycles. The number of hydrogen-bond donors (Lipinski definition) is 0. The van der Waals surface area contributed by atoms with Crippen LogP contribution in [0.4, 0.5) is 0 Å². The third kappa shape index (κ3) is 3.33. The van der Waals surface area contributed by atoms with Crippen molar-refractivity contribution in [2.75, 3.05) is 0 Å². The second kappa shape index (κ2) is 8.79. The third-order valence-corrected chi connectivity index (χ3v) is 8.76. The average Bonchev–Trinajstić information content (AvgIpc) is 3.35. The van der Waals surface area contributed by atoms with Gasteiger partial charge in [-0.15, -0.1) is 0 Å². The molecule has 0 aromatic heterocycles. The van der Waals surface area contributed by atoms with Gasteiger partial charge in [0.25, 0.3) is 0 Å². The van der Waals surface area contributed by atoms with E-state index in [4.69, 9.17) is 0 Å². The molecular formula is C40H28. The van der Waals surface area contributed by atoms with E-state index in [2.05, 4.69) is 147 Å². The highest BCUT2D eigenvalue weighted by Crippen LogP contribution is 2.53. The van der Waals surface area contributed by atoms with Crippen LogP contribution in [0.3, 0.4) is 0 Å². The normalized spacial score (nSPS) is 11.8. The van der Waals surface area contributed by atoms with Gasteiger partial charge in [0.05, 0.1) is 0 Å². The van der Waals surface area contributed by atoms with Gasteiger partial charge in [-0.05, 0) is 102 Å². The van der Waals surface area contributed by atoms with E-state index in [-0.39, 0.29) is 0 Å². The number of benzene rings is 7. The minimum atomic E-state index is 1.24. The summed E-state index contributed by atoms with van der Waals surface area (Å²) in [6.45, 7) is 4.56. The molecule has 40 heavy (non-hydrogen) atoms. The molecule has 0 spiro atoms. The predicted molar refractivity (Wildman–Crippen MR) is 172 cm³/mol. The first-order chi connectivity index (χ1) is 19.7. The Morgan fingerprint density at radius 2 is 0.875 bits per heavy atom. The monoisotopic (exact) mass is 508 g/mol. The lowest BCUT2D eigenvalue weighted by molar-refractivity contribution is 1.49. The fourth-order valence-electron chi connectivity index (χ4n) is 6.89. The highest BCUT2D eigenvalue weighted by molar-refractivity contribution is 6.28. The van der Waals surface area contributed by atoms with E-state index in [1.165, 1.54) is 88.3 Å². The predicted octanol–water partition coefficient (Wildman–Crippen LogP) is 11.3. The van der Waals surface area contributed by atoms with Gasteiger partial charge in [-0.3, -0.25) is 0 Å². The zero-order chi connectivity index (χ0) is 26.8. The maximum atomic E-state index is 2.34. The Balaban J connectivity index is 1.29. The smallest absolute Gasteiger partial charge is 0.00110 e. The molecule has 0 fully saturated rings. The van der Waals surface area contributed by atoms with Crippen molar-refractivity contribution >= 4 is 21.5 Å². The Labute approximate surface area is 235 Å². The second-order valence-electron chi connectivity index (χ2n) is 11.0. The summed E-state index contributed by atoms with van der Waals surface area (Å²) in [5.74, 6) is 0. The SMILES string of the molecule is Cc1cccc2c3c4c(ccc(-c5ccc(-c6ccc(-c7ccccc7)cc6)cc5)c4c(C)c12)-c1ccccc1-3. The summed E-state index contributed by atoms with van der Waals surface area (Å²) in [5, 5.41) is 5.53. The highest BCUT2D eigenvalue weighted by atomic mass is 14.3. The molecule has 0 radical (unpaired) electrons. The Hall–Kier alpha value is -4.94. The van der Waals surface area contributed by atoms with Crippen molar-refractivity contribution in [2.45, 2.75) is 13.8 Å². The number of hydrogen-bond acceptors (Lipinski definition) is 0. The Kier molecular flexibility index (Phi) is 5.06. The minimum Gasteiger partial charge on any atom is -0.0622 e.